The van der Waals surface area contributed by atoms with E-state index in [1.54, 1.807) is 24.3 Å². The molecule has 1 amide bonds. The topological polar surface area (TPSA) is 61.6 Å². The number of hydrogen-bond acceptors (Lipinski definition) is 3. The SMILES string of the molecule is NC(=O)c1ccc(C#Cc2ccc(OC3CCCCO3)cc2)cc1. The summed E-state index contributed by atoms with van der Waals surface area (Å²) in [5, 5.41) is 0. The van der Waals surface area contributed by atoms with Gasteiger partial charge in [-0.05, 0) is 61.4 Å². The van der Waals surface area contributed by atoms with E-state index in [0.29, 0.717) is 5.56 Å². The van der Waals surface area contributed by atoms with E-state index in [-0.39, 0.29) is 6.29 Å². The van der Waals surface area contributed by atoms with Crippen LogP contribution in [0.5, 0.6) is 5.75 Å². The first kappa shape index (κ1) is 16.1. The van der Waals surface area contributed by atoms with Gasteiger partial charge in [0.2, 0.25) is 5.91 Å². The Kier molecular flexibility index (Phi) is 5.15. The monoisotopic (exact) mass is 321 g/mol. The van der Waals surface area contributed by atoms with Gasteiger partial charge in [0, 0.05) is 23.1 Å². The van der Waals surface area contributed by atoms with E-state index < -0.39 is 5.91 Å². The maximum atomic E-state index is 11.0. The highest BCUT2D eigenvalue weighted by atomic mass is 16.7. The molecule has 4 nitrogen and oxygen atoms in total. The Morgan fingerprint density at radius 2 is 1.62 bits per heavy atom. The molecule has 0 saturated carbocycles. The van der Waals surface area contributed by atoms with Crippen LogP contribution in [-0.2, 0) is 4.74 Å². The van der Waals surface area contributed by atoms with Crippen LogP contribution in [0.3, 0.4) is 0 Å². The lowest BCUT2D eigenvalue weighted by Crippen LogP contribution is -2.24. The van der Waals surface area contributed by atoms with Crippen LogP contribution in [0.1, 0.15) is 40.7 Å². The molecule has 1 aliphatic heterocycles. The molecule has 2 aromatic rings. The average molecular weight is 321 g/mol. The number of hydrogen-bond donors (Lipinski definition) is 1. The highest BCUT2D eigenvalue weighted by Crippen LogP contribution is 2.19. The lowest BCUT2D eigenvalue weighted by atomic mass is 10.1. The first-order chi connectivity index (χ1) is 11.7. The zero-order chi connectivity index (χ0) is 16.8. The Morgan fingerprint density at radius 3 is 2.17 bits per heavy atom. The summed E-state index contributed by atoms with van der Waals surface area (Å²) in [6.45, 7) is 0.767. The Hall–Kier alpha value is -2.77. The summed E-state index contributed by atoms with van der Waals surface area (Å²) in [7, 11) is 0. The Morgan fingerprint density at radius 1 is 1.00 bits per heavy atom. The van der Waals surface area contributed by atoms with Crippen LogP contribution in [0, 0.1) is 11.8 Å². The summed E-state index contributed by atoms with van der Waals surface area (Å²) in [5.41, 5.74) is 7.42. The molecular weight excluding hydrogens is 302 g/mol. The zero-order valence-electron chi connectivity index (χ0n) is 13.3. The normalized spacial score (nSPS) is 16.8. The van der Waals surface area contributed by atoms with Gasteiger partial charge in [0.05, 0.1) is 6.61 Å². The summed E-state index contributed by atoms with van der Waals surface area (Å²) in [6.07, 6.45) is 3.04. The molecule has 122 valence electrons. The van der Waals surface area contributed by atoms with Gasteiger partial charge in [-0.3, -0.25) is 4.79 Å². The number of carbonyl (C=O) groups excluding carboxylic acids is 1. The van der Waals surface area contributed by atoms with Crippen molar-refractivity contribution in [2.75, 3.05) is 6.61 Å². The van der Waals surface area contributed by atoms with E-state index in [2.05, 4.69) is 11.8 Å². The van der Waals surface area contributed by atoms with Crippen molar-refractivity contribution in [3.8, 4) is 17.6 Å². The fourth-order valence-corrected chi connectivity index (χ4v) is 2.43. The first-order valence-electron chi connectivity index (χ1n) is 8.01. The first-order valence-corrected chi connectivity index (χ1v) is 8.01. The van der Waals surface area contributed by atoms with Crippen molar-refractivity contribution in [2.45, 2.75) is 25.6 Å². The molecule has 0 bridgehead atoms. The van der Waals surface area contributed by atoms with Crippen LogP contribution in [0.15, 0.2) is 48.5 Å². The highest BCUT2D eigenvalue weighted by Gasteiger charge is 2.14. The third kappa shape index (κ3) is 4.37. The van der Waals surface area contributed by atoms with Gasteiger partial charge in [-0.1, -0.05) is 11.8 Å². The molecule has 1 fully saturated rings. The summed E-state index contributed by atoms with van der Waals surface area (Å²) in [6, 6.07) is 14.6. The van der Waals surface area contributed by atoms with E-state index in [0.717, 1.165) is 42.7 Å². The fourth-order valence-electron chi connectivity index (χ4n) is 2.43. The third-order valence-electron chi connectivity index (χ3n) is 3.78. The molecule has 0 aliphatic carbocycles. The Labute approximate surface area is 141 Å². The lowest BCUT2D eigenvalue weighted by molar-refractivity contribution is -0.105. The molecule has 0 spiro atoms. The second-order valence-corrected chi connectivity index (χ2v) is 5.63. The minimum Gasteiger partial charge on any atom is -0.465 e. The molecule has 0 radical (unpaired) electrons. The molecule has 0 aromatic heterocycles. The predicted octanol–water partition coefficient (Wildman–Crippen LogP) is 3.09. The largest absolute Gasteiger partial charge is 0.465 e. The summed E-state index contributed by atoms with van der Waals surface area (Å²) in [5.74, 6) is 6.50. The summed E-state index contributed by atoms with van der Waals surface area (Å²) >= 11 is 0. The molecule has 1 aliphatic rings. The van der Waals surface area contributed by atoms with Crippen molar-refractivity contribution in [1.29, 1.82) is 0 Å². The van der Waals surface area contributed by atoms with E-state index in [9.17, 15) is 4.79 Å². The van der Waals surface area contributed by atoms with E-state index >= 15 is 0 Å². The molecule has 24 heavy (non-hydrogen) atoms. The van der Waals surface area contributed by atoms with Crippen LogP contribution in [0.4, 0.5) is 0 Å². The van der Waals surface area contributed by atoms with Crippen LogP contribution >= 0.6 is 0 Å². The van der Waals surface area contributed by atoms with Gasteiger partial charge in [-0.2, -0.15) is 0 Å². The highest BCUT2D eigenvalue weighted by molar-refractivity contribution is 5.92. The van der Waals surface area contributed by atoms with Crippen LogP contribution < -0.4 is 10.5 Å². The van der Waals surface area contributed by atoms with Crippen molar-refractivity contribution in [3.05, 3.63) is 65.2 Å². The molecule has 2 N–H and O–H groups in total. The van der Waals surface area contributed by atoms with Gasteiger partial charge in [0.15, 0.2) is 6.29 Å². The van der Waals surface area contributed by atoms with Crippen molar-refractivity contribution in [3.63, 3.8) is 0 Å². The standard InChI is InChI=1S/C20H19NO3/c21-20(22)17-10-6-15(7-11-17)4-5-16-8-12-18(13-9-16)24-19-3-1-2-14-23-19/h6-13,19H,1-3,14H2,(H2,21,22). The molecule has 1 saturated heterocycles. The van der Waals surface area contributed by atoms with Gasteiger partial charge in [-0.25, -0.2) is 0 Å². The number of nitrogens with two attached hydrogens (primary N) is 1. The van der Waals surface area contributed by atoms with Crippen molar-refractivity contribution < 1.29 is 14.3 Å². The smallest absolute Gasteiger partial charge is 0.248 e. The van der Waals surface area contributed by atoms with Crippen LogP contribution in [0.25, 0.3) is 0 Å². The minimum atomic E-state index is -0.438. The third-order valence-corrected chi connectivity index (χ3v) is 3.78. The van der Waals surface area contributed by atoms with Crippen molar-refractivity contribution >= 4 is 5.91 Å². The minimum absolute atomic E-state index is 0.139. The van der Waals surface area contributed by atoms with Gasteiger partial charge in [-0.15, -0.1) is 0 Å². The fraction of sp³-hybridized carbons (Fsp3) is 0.250. The van der Waals surface area contributed by atoms with Crippen molar-refractivity contribution in [2.24, 2.45) is 5.73 Å². The summed E-state index contributed by atoms with van der Waals surface area (Å²) < 4.78 is 11.4. The predicted molar refractivity (Wildman–Crippen MR) is 91.6 cm³/mol. The number of carbonyl (C=O) groups is 1. The number of rotatable bonds is 3. The number of benzene rings is 2. The van der Waals surface area contributed by atoms with Crippen LogP contribution in [0.2, 0.25) is 0 Å². The number of primary amides is 1. The molecule has 2 aromatic carbocycles. The quantitative estimate of drug-likeness (QED) is 0.884. The molecule has 1 unspecified atom stereocenters. The van der Waals surface area contributed by atoms with Crippen molar-refractivity contribution in [1.82, 2.24) is 0 Å². The van der Waals surface area contributed by atoms with Gasteiger partial charge < -0.3 is 15.2 Å². The maximum Gasteiger partial charge on any atom is 0.248 e. The lowest BCUT2D eigenvalue weighted by Gasteiger charge is -2.23. The number of ether oxygens (including phenoxy) is 2. The molecule has 4 heteroatoms. The van der Waals surface area contributed by atoms with Gasteiger partial charge in [0.1, 0.15) is 5.75 Å². The van der Waals surface area contributed by atoms with E-state index in [1.165, 1.54) is 0 Å². The van der Waals surface area contributed by atoms with E-state index in [4.69, 9.17) is 15.2 Å². The van der Waals surface area contributed by atoms with E-state index in [1.807, 2.05) is 24.3 Å². The average Bonchev–Trinajstić information content (AvgIpc) is 2.62. The second-order valence-electron chi connectivity index (χ2n) is 5.63. The van der Waals surface area contributed by atoms with Crippen LogP contribution in [-0.4, -0.2) is 18.8 Å². The summed E-state index contributed by atoms with van der Waals surface area (Å²) in [4.78, 5) is 11.0. The Bertz CT molecular complexity index is 748. The zero-order valence-corrected chi connectivity index (χ0v) is 13.3. The molecular formula is C20H19NO3. The molecule has 3 rings (SSSR count). The molecule has 1 atom stereocenters. The number of amides is 1. The maximum absolute atomic E-state index is 11.0. The van der Waals surface area contributed by atoms with Gasteiger partial charge >= 0.3 is 0 Å². The molecule has 1 heterocycles. The Balaban J connectivity index is 1.62. The van der Waals surface area contributed by atoms with Gasteiger partial charge in [0.25, 0.3) is 0 Å². The second kappa shape index (κ2) is 7.67.